The van der Waals surface area contributed by atoms with Crippen molar-refractivity contribution < 1.29 is 23.2 Å². The monoisotopic (exact) mass is 501 g/mol. The SMILES string of the molecule is CCc1c(F)ncnc1-c1cnc2c(c1CC(=O)N=S(N)(=O)c1cnn3c1OCC(O)C3)CCC2. The Balaban J connectivity index is 1.54. The maximum atomic E-state index is 14.4. The molecule has 5 rings (SSSR count). The van der Waals surface area contributed by atoms with Crippen LogP contribution in [0.15, 0.2) is 28.0 Å². The highest BCUT2D eigenvalue weighted by atomic mass is 32.2. The second-order valence-corrected chi connectivity index (χ2v) is 10.2. The normalized spacial score (nSPS) is 18.3. The summed E-state index contributed by atoms with van der Waals surface area (Å²) in [6, 6.07) is 0. The molecule has 184 valence electrons. The van der Waals surface area contributed by atoms with E-state index in [0.717, 1.165) is 30.4 Å². The van der Waals surface area contributed by atoms with Gasteiger partial charge in [-0.3, -0.25) is 9.78 Å². The van der Waals surface area contributed by atoms with E-state index in [4.69, 9.17) is 9.88 Å². The smallest absolute Gasteiger partial charge is 0.259 e. The molecule has 2 atom stereocenters. The van der Waals surface area contributed by atoms with Gasteiger partial charge in [-0.15, -0.1) is 4.36 Å². The highest BCUT2D eigenvalue weighted by Gasteiger charge is 2.28. The standard InChI is InChI=1S/C22H24FN7O4S/c1-2-13-20(26-11-27-21(13)23)16-7-25-17-5-3-4-14(17)15(16)6-19(32)29-35(24,33)18-8-28-30-9-12(31)10-34-22(18)30/h7-8,11-12,31H,2-6,9-10H2,1H3,(H2,24,29,32,33). The summed E-state index contributed by atoms with van der Waals surface area (Å²) < 4.78 is 38.2. The first kappa shape index (κ1) is 23.5. The third-order valence-corrected chi connectivity index (χ3v) is 7.55. The van der Waals surface area contributed by atoms with Crippen molar-refractivity contribution in [3.05, 3.63) is 47.1 Å². The Labute approximate surface area is 200 Å². The van der Waals surface area contributed by atoms with E-state index in [1.165, 1.54) is 10.9 Å². The Hall–Kier alpha value is -3.29. The van der Waals surface area contributed by atoms with Crippen molar-refractivity contribution in [2.75, 3.05) is 6.61 Å². The van der Waals surface area contributed by atoms with Crippen molar-refractivity contribution in [1.29, 1.82) is 0 Å². The van der Waals surface area contributed by atoms with Crippen molar-refractivity contribution >= 4 is 15.8 Å². The number of halogens is 1. The van der Waals surface area contributed by atoms with E-state index in [1.807, 2.05) is 0 Å². The zero-order valence-electron chi connectivity index (χ0n) is 19.0. The van der Waals surface area contributed by atoms with Crippen LogP contribution in [-0.4, -0.2) is 52.7 Å². The molecule has 1 amide bonds. The summed E-state index contributed by atoms with van der Waals surface area (Å²) in [5, 5.41) is 19.7. The molecule has 0 radical (unpaired) electrons. The number of carbonyl (C=O) groups is 1. The summed E-state index contributed by atoms with van der Waals surface area (Å²) in [4.78, 5) is 25.5. The fraction of sp³-hybridized carbons (Fsp3) is 0.409. The molecule has 3 aromatic rings. The van der Waals surface area contributed by atoms with Gasteiger partial charge in [0.15, 0.2) is 0 Å². The largest absolute Gasteiger partial charge is 0.474 e. The molecular weight excluding hydrogens is 477 g/mol. The molecule has 0 bridgehead atoms. The Kier molecular flexibility index (Phi) is 6.07. The number of aliphatic hydroxyl groups is 1. The summed E-state index contributed by atoms with van der Waals surface area (Å²) >= 11 is 0. The molecule has 4 heterocycles. The quantitative estimate of drug-likeness (QED) is 0.493. The summed E-state index contributed by atoms with van der Waals surface area (Å²) in [5.74, 6) is -1.21. The molecule has 0 spiro atoms. The molecule has 3 N–H and O–H groups in total. The fourth-order valence-electron chi connectivity index (χ4n) is 4.57. The maximum absolute atomic E-state index is 14.4. The van der Waals surface area contributed by atoms with Crippen molar-refractivity contribution in [3.63, 3.8) is 0 Å². The summed E-state index contributed by atoms with van der Waals surface area (Å²) in [7, 11) is -3.67. The van der Waals surface area contributed by atoms with Crippen LogP contribution in [0.1, 0.15) is 35.7 Å². The average Bonchev–Trinajstić information content (AvgIpc) is 3.46. The molecule has 1 aliphatic heterocycles. The van der Waals surface area contributed by atoms with Gasteiger partial charge in [0.2, 0.25) is 11.8 Å². The molecule has 0 fully saturated rings. The van der Waals surface area contributed by atoms with Crippen LogP contribution < -0.4 is 9.88 Å². The number of fused-ring (bicyclic) bond motifs is 2. The van der Waals surface area contributed by atoms with E-state index >= 15 is 0 Å². The Morgan fingerprint density at radius 1 is 1.31 bits per heavy atom. The lowest BCUT2D eigenvalue weighted by Gasteiger charge is -2.20. The third-order valence-electron chi connectivity index (χ3n) is 6.17. The first-order valence-electron chi connectivity index (χ1n) is 11.2. The highest BCUT2D eigenvalue weighted by molar-refractivity contribution is 7.91. The molecule has 2 unspecified atom stereocenters. The third kappa shape index (κ3) is 4.30. The van der Waals surface area contributed by atoms with Crippen molar-refractivity contribution in [1.82, 2.24) is 24.7 Å². The van der Waals surface area contributed by atoms with Gasteiger partial charge in [0.25, 0.3) is 5.91 Å². The first-order chi connectivity index (χ1) is 16.8. The van der Waals surface area contributed by atoms with Crippen LogP contribution in [-0.2, 0) is 46.9 Å². The number of hydrogen-bond acceptors (Lipinski definition) is 8. The van der Waals surface area contributed by atoms with Crippen LogP contribution in [0.4, 0.5) is 4.39 Å². The number of rotatable bonds is 5. The van der Waals surface area contributed by atoms with Gasteiger partial charge in [-0.25, -0.2) is 24.0 Å². The second-order valence-electron chi connectivity index (χ2n) is 8.47. The van der Waals surface area contributed by atoms with Gasteiger partial charge in [-0.1, -0.05) is 6.92 Å². The number of nitrogens with zero attached hydrogens (tertiary/aromatic N) is 6. The Morgan fingerprint density at radius 2 is 2.14 bits per heavy atom. The van der Waals surface area contributed by atoms with Crippen molar-refractivity contribution in [2.45, 2.75) is 56.6 Å². The molecule has 0 aromatic carbocycles. The molecule has 35 heavy (non-hydrogen) atoms. The lowest BCUT2D eigenvalue weighted by molar-refractivity contribution is -0.117. The molecule has 1 aliphatic carbocycles. The highest BCUT2D eigenvalue weighted by Crippen LogP contribution is 2.34. The number of amides is 1. The minimum Gasteiger partial charge on any atom is -0.474 e. The van der Waals surface area contributed by atoms with E-state index in [0.29, 0.717) is 35.2 Å². The van der Waals surface area contributed by atoms with Crippen molar-refractivity contribution in [2.24, 2.45) is 9.50 Å². The molecule has 0 saturated heterocycles. The number of aliphatic hydroxyl groups excluding tert-OH is 1. The zero-order chi connectivity index (χ0) is 24.7. The van der Waals surface area contributed by atoms with E-state index in [2.05, 4.69) is 24.4 Å². The average molecular weight is 502 g/mol. The summed E-state index contributed by atoms with van der Waals surface area (Å²) in [6.45, 7) is 1.94. The van der Waals surface area contributed by atoms with Crippen LogP contribution in [0.5, 0.6) is 5.88 Å². The molecule has 11 nitrogen and oxygen atoms in total. The first-order valence-corrected chi connectivity index (χ1v) is 12.8. The lowest BCUT2D eigenvalue weighted by atomic mass is 9.94. The maximum Gasteiger partial charge on any atom is 0.259 e. The van der Waals surface area contributed by atoms with Crippen LogP contribution in [0.3, 0.4) is 0 Å². The number of aryl methyl sites for hydroxylation is 1. The predicted octanol–water partition coefficient (Wildman–Crippen LogP) is 1.15. The number of aromatic nitrogens is 5. The Morgan fingerprint density at radius 3 is 2.94 bits per heavy atom. The second kappa shape index (κ2) is 9.06. The number of hydrogen-bond donors (Lipinski definition) is 2. The predicted molar refractivity (Wildman–Crippen MR) is 122 cm³/mol. The van der Waals surface area contributed by atoms with Gasteiger partial charge in [0.1, 0.15) is 33.8 Å². The number of pyridine rings is 1. The van der Waals surface area contributed by atoms with Crippen molar-refractivity contribution in [3.8, 4) is 17.1 Å². The van der Waals surface area contributed by atoms with Crippen LogP contribution in [0.2, 0.25) is 0 Å². The Bertz CT molecular complexity index is 1450. The number of nitrogens with two attached hydrogens (primary N) is 1. The molecule has 13 heteroatoms. The minimum absolute atomic E-state index is 0.00999. The summed E-state index contributed by atoms with van der Waals surface area (Å²) in [5.41, 5.74) is 3.62. The lowest BCUT2D eigenvalue weighted by Crippen LogP contribution is -2.30. The van der Waals surface area contributed by atoms with E-state index in [9.17, 15) is 18.5 Å². The van der Waals surface area contributed by atoms with Gasteiger partial charge in [-0.2, -0.15) is 9.49 Å². The number of ether oxygens (including phenoxy) is 1. The number of carbonyl (C=O) groups excluding carboxylic acids is 1. The fourth-order valence-corrected chi connectivity index (χ4v) is 5.64. The van der Waals surface area contributed by atoms with Crippen LogP contribution in [0, 0.1) is 5.95 Å². The van der Waals surface area contributed by atoms with E-state index in [1.54, 1.807) is 13.1 Å². The molecule has 0 saturated carbocycles. The molecule has 2 aliphatic rings. The van der Waals surface area contributed by atoms with Gasteiger partial charge < -0.3 is 9.84 Å². The van der Waals surface area contributed by atoms with Gasteiger partial charge in [-0.05, 0) is 36.8 Å². The van der Waals surface area contributed by atoms with Crippen LogP contribution >= 0.6 is 0 Å². The molecule has 3 aromatic heterocycles. The van der Waals surface area contributed by atoms with Crippen LogP contribution in [0.25, 0.3) is 11.3 Å². The van der Waals surface area contributed by atoms with E-state index < -0.39 is 27.9 Å². The van der Waals surface area contributed by atoms with E-state index in [-0.39, 0.29) is 30.3 Å². The molecular formula is C22H24FN7O4S. The summed E-state index contributed by atoms with van der Waals surface area (Å²) in [6.07, 6.45) is 5.73. The van der Waals surface area contributed by atoms with Gasteiger partial charge in [0, 0.05) is 23.0 Å². The minimum atomic E-state index is -3.67. The topological polar surface area (TPSA) is 158 Å². The zero-order valence-corrected chi connectivity index (χ0v) is 19.8. The van der Waals surface area contributed by atoms with Gasteiger partial charge >= 0.3 is 0 Å². The van der Waals surface area contributed by atoms with Gasteiger partial charge in [0.05, 0.1) is 24.9 Å².